The van der Waals surface area contributed by atoms with Gasteiger partial charge in [0.2, 0.25) is 5.82 Å². The van der Waals surface area contributed by atoms with Crippen LogP contribution in [-0.2, 0) is 0 Å². The summed E-state index contributed by atoms with van der Waals surface area (Å²) in [6, 6.07) is 6.99. The Balaban J connectivity index is 2.00. The molecule has 0 bridgehead atoms. The largest absolute Gasteiger partial charge is 0.497 e. The van der Waals surface area contributed by atoms with E-state index in [4.69, 9.17) is 18.5 Å². The molecule has 0 unspecified atom stereocenters. The van der Waals surface area contributed by atoms with Gasteiger partial charge in [-0.2, -0.15) is 4.98 Å². The zero-order chi connectivity index (χ0) is 13.9. The van der Waals surface area contributed by atoms with Crippen LogP contribution in [0.2, 0.25) is 0 Å². The average molecular weight is 273 g/mol. The molecule has 0 spiro atoms. The second kappa shape index (κ2) is 5.04. The summed E-state index contributed by atoms with van der Waals surface area (Å²) in [7, 11) is 3.16. The van der Waals surface area contributed by atoms with Crippen LogP contribution >= 0.6 is 0 Å². The van der Waals surface area contributed by atoms with Gasteiger partial charge in [-0.25, -0.2) is 0 Å². The molecule has 0 saturated carbocycles. The van der Waals surface area contributed by atoms with Crippen molar-refractivity contribution >= 4 is 0 Å². The SMILES string of the molecule is COc1cc(OC)cc(-c2noc(-c3ccon3)n2)c1. The van der Waals surface area contributed by atoms with Crippen LogP contribution in [0.1, 0.15) is 0 Å². The van der Waals surface area contributed by atoms with Gasteiger partial charge in [-0.3, -0.25) is 0 Å². The quantitative estimate of drug-likeness (QED) is 0.721. The summed E-state index contributed by atoms with van der Waals surface area (Å²) < 4.78 is 20.3. The van der Waals surface area contributed by atoms with Crippen molar-refractivity contribution in [3.63, 3.8) is 0 Å². The molecular weight excluding hydrogens is 262 g/mol. The fourth-order valence-electron chi connectivity index (χ4n) is 1.70. The predicted octanol–water partition coefficient (Wildman–Crippen LogP) is 2.41. The molecule has 2 heterocycles. The third kappa shape index (κ3) is 2.20. The molecule has 0 radical (unpaired) electrons. The average Bonchev–Trinajstić information content (AvgIpc) is 3.17. The Kier molecular flexibility index (Phi) is 3.08. The zero-order valence-corrected chi connectivity index (χ0v) is 10.9. The minimum absolute atomic E-state index is 0.288. The molecule has 0 atom stereocenters. The molecule has 0 aliphatic carbocycles. The lowest BCUT2D eigenvalue weighted by atomic mass is 10.2. The van der Waals surface area contributed by atoms with Gasteiger partial charge in [-0.15, -0.1) is 0 Å². The number of ether oxygens (including phenoxy) is 2. The van der Waals surface area contributed by atoms with Crippen LogP contribution in [0, 0.1) is 0 Å². The number of hydrogen-bond acceptors (Lipinski definition) is 7. The van der Waals surface area contributed by atoms with Crippen molar-refractivity contribution in [2.24, 2.45) is 0 Å². The minimum atomic E-state index is 0.288. The molecule has 0 saturated heterocycles. The molecule has 1 aromatic carbocycles. The Morgan fingerprint density at radius 3 is 2.35 bits per heavy atom. The van der Waals surface area contributed by atoms with E-state index in [1.807, 2.05) is 0 Å². The lowest BCUT2D eigenvalue weighted by Crippen LogP contribution is -1.89. The number of nitrogens with zero attached hydrogens (tertiary/aromatic N) is 3. The van der Waals surface area contributed by atoms with E-state index < -0.39 is 0 Å². The van der Waals surface area contributed by atoms with E-state index in [0.29, 0.717) is 23.0 Å². The van der Waals surface area contributed by atoms with E-state index in [1.165, 1.54) is 6.26 Å². The van der Waals surface area contributed by atoms with Gasteiger partial charge < -0.3 is 18.5 Å². The molecule has 0 aliphatic heterocycles. The topological polar surface area (TPSA) is 83.4 Å². The maximum atomic E-state index is 5.20. The Morgan fingerprint density at radius 1 is 1.00 bits per heavy atom. The normalized spacial score (nSPS) is 10.5. The van der Waals surface area contributed by atoms with E-state index in [-0.39, 0.29) is 5.89 Å². The fraction of sp³-hybridized carbons (Fsp3) is 0.154. The van der Waals surface area contributed by atoms with Gasteiger partial charge in [-0.05, 0) is 12.1 Å². The van der Waals surface area contributed by atoms with Crippen molar-refractivity contribution in [2.45, 2.75) is 0 Å². The number of benzene rings is 1. The smallest absolute Gasteiger partial charge is 0.280 e. The van der Waals surface area contributed by atoms with Gasteiger partial charge >= 0.3 is 0 Å². The highest BCUT2D eigenvalue weighted by atomic mass is 16.5. The maximum Gasteiger partial charge on any atom is 0.280 e. The molecule has 102 valence electrons. The number of rotatable bonds is 4. The number of hydrogen-bond donors (Lipinski definition) is 0. The summed E-state index contributed by atoms with van der Waals surface area (Å²) in [5, 5.41) is 7.65. The Labute approximate surface area is 114 Å². The lowest BCUT2D eigenvalue weighted by Gasteiger charge is -2.05. The van der Waals surface area contributed by atoms with Crippen LogP contribution in [0.25, 0.3) is 23.0 Å². The highest BCUT2D eigenvalue weighted by Gasteiger charge is 2.14. The van der Waals surface area contributed by atoms with E-state index in [9.17, 15) is 0 Å². The highest BCUT2D eigenvalue weighted by Crippen LogP contribution is 2.29. The van der Waals surface area contributed by atoms with Crippen LogP contribution < -0.4 is 9.47 Å². The molecule has 0 aliphatic rings. The molecule has 2 aromatic heterocycles. The summed E-state index contributed by atoms with van der Waals surface area (Å²) in [5.41, 5.74) is 1.21. The summed E-state index contributed by atoms with van der Waals surface area (Å²) in [6.45, 7) is 0. The van der Waals surface area contributed by atoms with Crippen LogP contribution in [0.4, 0.5) is 0 Å². The van der Waals surface area contributed by atoms with Crippen molar-refractivity contribution in [1.29, 1.82) is 0 Å². The molecule has 3 aromatic rings. The second-order valence-corrected chi connectivity index (χ2v) is 3.91. The Hall–Kier alpha value is -2.83. The van der Waals surface area contributed by atoms with Gasteiger partial charge in [0.25, 0.3) is 5.89 Å². The van der Waals surface area contributed by atoms with E-state index in [1.54, 1.807) is 38.5 Å². The van der Waals surface area contributed by atoms with E-state index >= 15 is 0 Å². The first-order chi connectivity index (χ1) is 9.80. The van der Waals surface area contributed by atoms with Crippen molar-refractivity contribution in [3.05, 3.63) is 30.5 Å². The zero-order valence-electron chi connectivity index (χ0n) is 10.9. The van der Waals surface area contributed by atoms with Crippen LogP contribution in [0.5, 0.6) is 11.5 Å². The van der Waals surface area contributed by atoms with Gasteiger partial charge in [0, 0.05) is 17.7 Å². The van der Waals surface area contributed by atoms with Crippen LogP contribution in [-0.4, -0.2) is 29.5 Å². The van der Waals surface area contributed by atoms with E-state index in [2.05, 4.69) is 15.3 Å². The first-order valence-corrected chi connectivity index (χ1v) is 5.78. The molecule has 3 rings (SSSR count). The molecule has 0 fully saturated rings. The van der Waals surface area contributed by atoms with Gasteiger partial charge in [0.1, 0.15) is 17.8 Å². The van der Waals surface area contributed by atoms with Gasteiger partial charge in [-0.1, -0.05) is 10.3 Å². The Morgan fingerprint density at radius 2 is 1.75 bits per heavy atom. The Bertz CT molecular complexity index is 684. The second-order valence-electron chi connectivity index (χ2n) is 3.91. The van der Waals surface area contributed by atoms with Gasteiger partial charge in [0.15, 0.2) is 5.69 Å². The maximum absolute atomic E-state index is 5.20. The number of methoxy groups -OCH3 is 2. The fourth-order valence-corrected chi connectivity index (χ4v) is 1.70. The highest BCUT2D eigenvalue weighted by molar-refractivity contribution is 5.62. The standard InChI is InChI=1S/C13H11N3O4/c1-17-9-5-8(6-10(7-9)18-2)12-14-13(20-16-12)11-3-4-19-15-11/h3-7H,1-2H3. The summed E-state index contributed by atoms with van der Waals surface area (Å²) >= 11 is 0. The third-order valence-electron chi connectivity index (χ3n) is 2.69. The monoisotopic (exact) mass is 273 g/mol. The van der Waals surface area contributed by atoms with Crippen LogP contribution in [0.15, 0.2) is 39.6 Å². The lowest BCUT2D eigenvalue weighted by molar-refractivity contribution is 0.394. The number of aromatic nitrogens is 3. The van der Waals surface area contributed by atoms with Crippen molar-refractivity contribution in [1.82, 2.24) is 15.3 Å². The molecule has 7 heteroatoms. The van der Waals surface area contributed by atoms with Crippen molar-refractivity contribution < 1.29 is 18.5 Å². The van der Waals surface area contributed by atoms with E-state index in [0.717, 1.165) is 5.56 Å². The molecule has 20 heavy (non-hydrogen) atoms. The molecule has 7 nitrogen and oxygen atoms in total. The van der Waals surface area contributed by atoms with Crippen molar-refractivity contribution in [3.8, 4) is 34.5 Å². The predicted molar refractivity (Wildman–Crippen MR) is 68.3 cm³/mol. The molecule has 0 amide bonds. The third-order valence-corrected chi connectivity index (χ3v) is 2.69. The van der Waals surface area contributed by atoms with Gasteiger partial charge in [0.05, 0.1) is 14.2 Å². The van der Waals surface area contributed by atoms with Crippen molar-refractivity contribution in [2.75, 3.05) is 14.2 Å². The summed E-state index contributed by atoms with van der Waals surface area (Å²) in [4.78, 5) is 4.26. The first-order valence-electron chi connectivity index (χ1n) is 5.78. The molecule has 0 N–H and O–H groups in total. The van der Waals surface area contributed by atoms with Crippen LogP contribution in [0.3, 0.4) is 0 Å². The summed E-state index contributed by atoms with van der Waals surface area (Å²) in [6.07, 6.45) is 1.44. The minimum Gasteiger partial charge on any atom is -0.497 e. The first kappa shape index (κ1) is 12.2. The summed E-state index contributed by atoms with van der Waals surface area (Å²) in [5.74, 6) is 2.00. The molecular formula is C13H11N3O4.